The standard InChI is InChI=1S/C29H26ClNO12/c1-31-27(36)13-10(18(33)28(31)40-4)7-11-15(19(13)34)29(37)16-24(20(11)38-2)41-8-42-25(16)23-14(26(29)35)17(32)9-5-6-12(30)22(39-3)21(9)43-23/h5-7,18,20,24,26,28,33-35,37H,8H2,1-4H3/t18-,20+,24-,26?,28-,29?/m0/s1. The number of fused-ring (bicyclic) bond motifs is 6. The Balaban J connectivity index is 1.59. The Labute approximate surface area is 248 Å². The van der Waals surface area contributed by atoms with Gasteiger partial charge in [0.2, 0.25) is 0 Å². The summed E-state index contributed by atoms with van der Waals surface area (Å²) < 4.78 is 34.3. The maximum Gasteiger partial charge on any atom is 0.259 e. The highest BCUT2D eigenvalue weighted by molar-refractivity contribution is 6.33. The van der Waals surface area contributed by atoms with Gasteiger partial charge in [-0.15, -0.1) is 0 Å². The summed E-state index contributed by atoms with van der Waals surface area (Å²) in [6.45, 7) is -0.354. The molecule has 0 bridgehead atoms. The molecule has 226 valence electrons. The number of rotatable bonds is 3. The molecule has 4 aliphatic rings. The van der Waals surface area contributed by atoms with Gasteiger partial charge in [-0.05, 0) is 23.8 Å². The van der Waals surface area contributed by atoms with Gasteiger partial charge in [-0.25, -0.2) is 0 Å². The van der Waals surface area contributed by atoms with Crippen LogP contribution in [0.5, 0.6) is 11.5 Å². The first-order valence-corrected chi connectivity index (χ1v) is 13.5. The lowest BCUT2D eigenvalue weighted by molar-refractivity contribution is -0.158. The Morgan fingerprint density at radius 2 is 1.86 bits per heavy atom. The summed E-state index contributed by atoms with van der Waals surface area (Å²) in [5.74, 6) is -1.67. The number of methoxy groups -OCH3 is 3. The molecule has 0 spiro atoms. The summed E-state index contributed by atoms with van der Waals surface area (Å²) in [7, 11) is 5.43. The second-order valence-corrected chi connectivity index (χ2v) is 11.1. The highest BCUT2D eigenvalue weighted by Gasteiger charge is 2.62. The summed E-state index contributed by atoms with van der Waals surface area (Å²) in [6, 6.07) is 4.23. The lowest BCUT2D eigenvalue weighted by atomic mass is 9.63. The molecule has 2 aromatic carbocycles. The fourth-order valence-corrected chi connectivity index (χ4v) is 7.11. The molecule has 3 heterocycles. The van der Waals surface area contributed by atoms with E-state index in [2.05, 4.69) is 0 Å². The van der Waals surface area contributed by atoms with Gasteiger partial charge in [-0.1, -0.05) is 11.6 Å². The van der Waals surface area contributed by atoms with Crippen LogP contribution in [0.25, 0.3) is 16.7 Å². The van der Waals surface area contributed by atoms with Crippen LogP contribution in [0.2, 0.25) is 5.02 Å². The number of likely N-dealkylation sites (N-methyl/N-ethyl adjacent to an activating group) is 1. The Morgan fingerprint density at radius 3 is 2.53 bits per heavy atom. The predicted molar refractivity (Wildman–Crippen MR) is 146 cm³/mol. The average Bonchev–Trinajstić information content (AvgIpc) is 2.99. The number of aliphatic hydroxyl groups excluding tert-OH is 2. The summed E-state index contributed by atoms with van der Waals surface area (Å²) >= 11 is 6.28. The molecule has 2 aliphatic heterocycles. The zero-order valence-electron chi connectivity index (χ0n) is 23.2. The number of carbonyl (C=O) groups is 1. The molecule has 1 aromatic heterocycles. The molecule has 13 nitrogen and oxygen atoms in total. The number of carbonyl (C=O) groups excluding carboxylic acids is 1. The van der Waals surface area contributed by atoms with Crippen LogP contribution in [0, 0.1) is 0 Å². The zero-order chi connectivity index (χ0) is 30.7. The van der Waals surface area contributed by atoms with E-state index in [-0.39, 0.29) is 73.4 Å². The van der Waals surface area contributed by atoms with Crippen LogP contribution in [-0.4, -0.2) is 78.7 Å². The summed E-state index contributed by atoms with van der Waals surface area (Å²) in [5.41, 5.74) is -4.24. The number of phenols is 1. The van der Waals surface area contributed by atoms with E-state index in [1.165, 1.54) is 46.6 Å². The highest BCUT2D eigenvalue weighted by Crippen LogP contribution is 2.62. The number of aliphatic hydroxyl groups is 3. The second-order valence-electron chi connectivity index (χ2n) is 10.7. The van der Waals surface area contributed by atoms with Gasteiger partial charge in [0.25, 0.3) is 5.91 Å². The summed E-state index contributed by atoms with van der Waals surface area (Å²) in [6.07, 6.45) is -6.65. The van der Waals surface area contributed by atoms with E-state index in [1.54, 1.807) is 0 Å². The van der Waals surface area contributed by atoms with Crippen LogP contribution in [0.4, 0.5) is 0 Å². The van der Waals surface area contributed by atoms with Gasteiger partial charge in [-0.3, -0.25) is 9.59 Å². The zero-order valence-corrected chi connectivity index (χ0v) is 24.0. The van der Waals surface area contributed by atoms with Gasteiger partial charge in [0, 0.05) is 38.0 Å². The van der Waals surface area contributed by atoms with Crippen LogP contribution in [0.15, 0.2) is 33.0 Å². The molecule has 14 heteroatoms. The number of phenolic OH excluding ortho intramolecular Hbond substituents is 1. The lowest BCUT2D eigenvalue weighted by Crippen LogP contribution is -2.54. The molecule has 3 aromatic rings. The van der Waals surface area contributed by atoms with Crippen LogP contribution in [0.3, 0.4) is 0 Å². The molecule has 4 N–H and O–H groups in total. The molecule has 0 radical (unpaired) electrons. The van der Waals surface area contributed by atoms with Crippen molar-refractivity contribution in [1.29, 1.82) is 0 Å². The van der Waals surface area contributed by atoms with E-state index in [0.717, 1.165) is 4.90 Å². The van der Waals surface area contributed by atoms with E-state index >= 15 is 0 Å². The first-order valence-electron chi connectivity index (χ1n) is 13.2. The quantitative estimate of drug-likeness (QED) is 0.337. The fraction of sp³-hybridized carbons (Fsp3) is 0.379. The number of aromatic hydroxyl groups is 1. The number of amides is 1. The van der Waals surface area contributed by atoms with E-state index in [9.17, 15) is 30.0 Å². The van der Waals surface area contributed by atoms with Crippen molar-refractivity contribution in [3.05, 3.63) is 72.6 Å². The first-order chi connectivity index (χ1) is 20.5. The minimum absolute atomic E-state index is 0.00121. The maximum atomic E-state index is 14.0. The van der Waals surface area contributed by atoms with E-state index in [0.29, 0.717) is 0 Å². The molecular weight excluding hydrogens is 590 g/mol. The number of hydrogen-bond acceptors (Lipinski definition) is 12. The van der Waals surface area contributed by atoms with Crippen LogP contribution in [0.1, 0.15) is 56.7 Å². The van der Waals surface area contributed by atoms with Crippen molar-refractivity contribution >= 4 is 34.2 Å². The Hall–Kier alpha value is -3.69. The molecule has 0 saturated carbocycles. The van der Waals surface area contributed by atoms with Crippen molar-refractivity contribution < 1.29 is 53.3 Å². The third kappa shape index (κ3) is 3.32. The van der Waals surface area contributed by atoms with Crippen LogP contribution in [-0.2, 0) is 24.5 Å². The van der Waals surface area contributed by atoms with Crippen molar-refractivity contribution in [2.75, 3.05) is 35.2 Å². The Morgan fingerprint density at radius 1 is 1.12 bits per heavy atom. The molecule has 2 unspecified atom stereocenters. The molecule has 2 aliphatic carbocycles. The molecule has 43 heavy (non-hydrogen) atoms. The largest absolute Gasteiger partial charge is 0.507 e. The fourth-order valence-electron chi connectivity index (χ4n) is 6.88. The normalized spacial score (nSPS) is 29.1. The molecule has 7 rings (SSSR count). The Bertz CT molecular complexity index is 1830. The summed E-state index contributed by atoms with van der Waals surface area (Å²) in [4.78, 5) is 28.5. The van der Waals surface area contributed by atoms with Crippen molar-refractivity contribution in [2.45, 2.75) is 36.2 Å². The van der Waals surface area contributed by atoms with Crippen LogP contribution >= 0.6 is 11.6 Å². The minimum Gasteiger partial charge on any atom is -0.507 e. The maximum absolute atomic E-state index is 14.0. The highest BCUT2D eigenvalue weighted by atomic mass is 35.5. The number of benzene rings is 2. The Kier molecular flexibility index (Phi) is 6.15. The predicted octanol–water partition coefficient (Wildman–Crippen LogP) is 1.97. The van der Waals surface area contributed by atoms with Crippen molar-refractivity contribution in [3.8, 4) is 11.5 Å². The van der Waals surface area contributed by atoms with Gasteiger partial charge in [0.05, 0.1) is 28.6 Å². The smallest absolute Gasteiger partial charge is 0.259 e. The van der Waals surface area contributed by atoms with Gasteiger partial charge in [-0.2, -0.15) is 0 Å². The van der Waals surface area contributed by atoms with E-state index in [4.69, 9.17) is 39.7 Å². The van der Waals surface area contributed by atoms with Crippen molar-refractivity contribution in [2.24, 2.45) is 0 Å². The minimum atomic E-state index is -2.57. The number of nitrogens with zero attached hydrogens (tertiary/aromatic N) is 1. The molecule has 0 fully saturated rings. The van der Waals surface area contributed by atoms with E-state index in [1.807, 2.05) is 0 Å². The topological polar surface area (TPSA) is 178 Å². The third-order valence-electron chi connectivity index (χ3n) is 8.80. The molecule has 1 amide bonds. The van der Waals surface area contributed by atoms with Gasteiger partial charge in [0.15, 0.2) is 46.9 Å². The third-order valence-corrected chi connectivity index (χ3v) is 9.09. The van der Waals surface area contributed by atoms with Gasteiger partial charge in [0.1, 0.15) is 30.2 Å². The van der Waals surface area contributed by atoms with Gasteiger partial charge >= 0.3 is 0 Å². The average molecular weight is 616 g/mol. The molecule has 6 atom stereocenters. The number of halogens is 1. The monoisotopic (exact) mass is 615 g/mol. The SMILES string of the molecule is COc1c(Cl)ccc2c(=O)c3c(oc12)C1=C2[C@H](OCO1)[C@H](OC)c1cc4c(c(O)c1C2(O)C3O)C(=O)N(C)[C@@H](OC)[C@H]4O. The lowest BCUT2D eigenvalue weighted by Gasteiger charge is -2.51. The molecule has 0 saturated heterocycles. The van der Waals surface area contributed by atoms with Crippen molar-refractivity contribution in [3.63, 3.8) is 0 Å². The van der Waals surface area contributed by atoms with Gasteiger partial charge < -0.3 is 53.4 Å². The second kappa shape index (κ2) is 9.40. The number of ether oxygens (including phenoxy) is 5. The summed E-state index contributed by atoms with van der Waals surface area (Å²) in [5, 5.41) is 47.6. The van der Waals surface area contributed by atoms with E-state index < -0.39 is 53.3 Å². The molecular formula is C29H26ClNO12. The van der Waals surface area contributed by atoms with Crippen molar-refractivity contribution in [1.82, 2.24) is 4.90 Å². The number of hydrogen-bond donors (Lipinski definition) is 4. The van der Waals surface area contributed by atoms with Crippen LogP contribution < -0.4 is 10.2 Å². The first kappa shape index (κ1) is 28.1.